The first kappa shape index (κ1) is 5.59. The van der Waals surface area contributed by atoms with Gasteiger partial charge in [0.25, 0.3) is 5.88 Å². The van der Waals surface area contributed by atoms with E-state index in [0.29, 0.717) is 18.7 Å². The van der Waals surface area contributed by atoms with Crippen LogP contribution in [0.4, 0.5) is 5.82 Å². The monoisotopic (exact) mass is 331 g/mol. The van der Waals surface area contributed by atoms with Gasteiger partial charge < -0.3 is 24.8 Å². The SMILES string of the molecule is [2H]C1([2H])CN(c2nsnc2OC([2H])([2H])[C@@]([2H])(O)C([2H])([2H])NC(C)(C([2H])([2H])[2H])C([2H])([2H])[2H])CC([2H])([2H])O1. The molecule has 0 bridgehead atoms. The van der Waals surface area contributed by atoms with Crippen LogP contribution >= 0.6 is 11.7 Å². The third kappa shape index (κ3) is 5.39. The average Bonchev–Trinajstić information content (AvgIpc) is 3.03. The van der Waals surface area contributed by atoms with Crippen LogP contribution in [0.1, 0.15) is 41.2 Å². The molecule has 0 amide bonds. The summed E-state index contributed by atoms with van der Waals surface area (Å²) in [5.74, 6) is -1.17. The van der Waals surface area contributed by atoms with Crippen molar-refractivity contribution < 1.29 is 35.1 Å². The van der Waals surface area contributed by atoms with E-state index in [2.05, 4.69) is 13.5 Å². The molecule has 0 spiro atoms. The Bertz CT molecular complexity index is 918. The summed E-state index contributed by atoms with van der Waals surface area (Å²) in [7, 11) is 0. The molecule has 2 N–H and O–H groups in total. The second kappa shape index (κ2) is 7.35. The van der Waals surface area contributed by atoms with E-state index < -0.39 is 76.3 Å². The van der Waals surface area contributed by atoms with Gasteiger partial charge in [-0.25, -0.2) is 0 Å². The van der Waals surface area contributed by atoms with Gasteiger partial charge in [0.15, 0.2) is 0 Å². The number of morpholine rings is 1. The molecule has 0 aromatic carbocycles. The maximum atomic E-state index is 10.6. The van der Waals surface area contributed by atoms with E-state index in [1.807, 2.05) is 0 Å². The molecule has 1 aromatic heterocycles. The number of hydrogen-bond acceptors (Lipinski definition) is 8. The number of anilines is 1. The first-order valence-corrected chi connectivity index (χ1v) is 6.40. The Morgan fingerprint density at radius 2 is 2.43 bits per heavy atom. The maximum Gasteiger partial charge on any atom is 0.270 e. The van der Waals surface area contributed by atoms with Crippen LogP contribution in [-0.4, -0.2) is 64.7 Å². The third-order valence-electron chi connectivity index (χ3n) is 2.07. The first-order chi connectivity index (χ1) is 15.7. The summed E-state index contributed by atoms with van der Waals surface area (Å²) in [4.78, 5) is 0.967. The van der Waals surface area contributed by atoms with Gasteiger partial charge >= 0.3 is 0 Å². The van der Waals surface area contributed by atoms with Crippen molar-refractivity contribution in [2.75, 3.05) is 44.2 Å². The van der Waals surface area contributed by atoms with Crippen molar-refractivity contribution in [1.82, 2.24) is 14.1 Å². The summed E-state index contributed by atoms with van der Waals surface area (Å²) in [6, 6.07) is 0. The van der Waals surface area contributed by atoms with Crippen LogP contribution in [0.25, 0.3) is 0 Å². The molecule has 0 saturated carbocycles. The molecule has 0 radical (unpaired) electrons. The van der Waals surface area contributed by atoms with Crippen LogP contribution in [0.3, 0.4) is 0 Å². The van der Waals surface area contributed by atoms with Crippen LogP contribution in [0, 0.1) is 0 Å². The van der Waals surface area contributed by atoms with E-state index in [4.69, 9.17) is 25.3 Å². The summed E-state index contributed by atoms with van der Waals surface area (Å²) in [6.45, 7) is -19.9. The Kier molecular flexibility index (Phi) is 1.96. The standard InChI is InChI=1S/C13H24N4O3S/c1-13(2,3)14-8-10(18)9-20-12-11(15-21-16-12)17-4-6-19-7-5-17/h10,14,18H,4-9H2,1-3H3/t10-/m0/s1/i1D3,2D3,6D2,7D2,8D2,9D2,10D. The second-order valence-corrected chi connectivity index (χ2v) is 4.60. The topological polar surface area (TPSA) is 79.7 Å². The molecule has 7 nitrogen and oxygen atoms in total. The molecule has 0 unspecified atom stereocenters. The fourth-order valence-corrected chi connectivity index (χ4v) is 1.72. The van der Waals surface area contributed by atoms with Gasteiger partial charge in [-0.3, -0.25) is 0 Å². The van der Waals surface area contributed by atoms with E-state index in [9.17, 15) is 5.11 Å². The molecule has 21 heavy (non-hydrogen) atoms. The number of nitrogens with one attached hydrogen (secondary N) is 1. The van der Waals surface area contributed by atoms with Crippen molar-refractivity contribution in [1.29, 1.82) is 0 Å². The van der Waals surface area contributed by atoms with Crippen LogP contribution < -0.4 is 15.0 Å². The highest BCUT2D eigenvalue weighted by atomic mass is 32.1. The van der Waals surface area contributed by atoms with Gasteiger partial charge in [0.2, 0.25) is 5.82 Å². The first-order valence-electron chi connectivity index (χ1n) is 13.2. The summed E-state index contributed by atoms with van der Waals surface area (Å²) in [5.41, 5.74) is -3.03. The lowest BCUT2D eigenvalue weighted by Crippen LogP contribution is -2.42. The highest BCUT2D eigenvalue weighted by molar-refractivity contribution is 6.99. The van der Waals surface area contributed by atoms with Crippen molar-refractivity contribution in [2.24, 2.45) is 0 Å². The molecule has 1 fully saturated rings. The Balaban J connectivity index is 2.41. The molecule has 0 aliphatic carbocycles. The summed E-state index contributed by atoms with van der Waals surface area (Å²) in [5, 5.41) is 12.2. The molecular weight excluding hydrogens is 292 g/mol. The number of hydrogen-bond donors (Lipinski definition) is 2. The van der Waals surface area contributed by atoms with Gasteiger partial charge in [-0.15, -0.1) is 4.37 Å². The molecule has 8 heteroatoms. The highest BCUT2D eigenvalue weighted by Crippen LogP contribution is 2.26. The average molecular weight is 332 g/mol. The van der Waals surface area contributed by atoms with Gasteiger partial charge in [0, 0.05) is 36.1 Å². The van der Waals surface area contributed by atoms with Gasteiger partial charge in [-0.2, -0.15) is 4.37 Å². The summed E-state index contributed by atoms with van der Waals surface area (Å²) in [6.07, 6.45) is -4.01. The smallest absolute Gasteiger partial charge is 0.270 e. The highest BCUT2D eigenvalue weighted by Gasteiger charge is 2.21. The van der Waals surface area contributed by atoms with Crippen molar-refractivity contribution in [3.63, 3.8) is 0 Å². The number of aromatic nitrogens is 2. The number of rotatable bonds is 6. The molecule has 120 valence electrons. The fraction of sp³-hybridized carbons (Fsp3) is 0.846. The zero-order chi connectivity index (χ0) is 28.4. The zero-order valence-electron chi connectivity index (χ0n) is 25.9. The normalized spacial score (nSPS) is 37.2. The van der Waals surface area contributed by atoms with Gasteiger partial charge in [0.1, 0.15) is 12.6 Å². The molecule has 1 atom stereocenters. The Hall–Kier alpha value is -0.960. The number of ether oxygens (including phenoxy) is 2. The van der Waals surface area contributed by atoms with Crippen LogP contribution in [-0.2, 0) is 4.74 Å². The summed E-state index contributed by atoms with van der Waals surface area (Å²) < 4.78 is 133. The minimum Gasteiger partial charge on any atom is -0.472 e. The van der Waals surface area contributed by atoms with Crippen molar-refractivity contribution in [2.45, 2.75) is 32.2 Å². The minimum absolute atomic E-state index is 0.404. The molecule has 2 rings (SSSR count). The Morgan fingerprint density at radius 1 is 1.67 bits per heavy atom. The molecular formula is C13H24N4O3S. The predicted molar refractivity (Wildman–Crippen MR) is 82.2 cm³/mol. The molecule has 1 aliphatic heterocycles. The summed E-state index contributed by atoms with van der Waals surface area (Å²) >= 11 is 0.416. The Morgan fingerprint density at radius 3 is 3.14 bits per heavy atom. The maximum absolute atomic E-state index is 10.6. The van der Waals surface area contributed by atoms with Gasteiger partial charge in [-0.1, -0.05) is 0 Å². The predicted octanol–water partition coefficient (Wildman–Crippen LogP) is 0.503. The molecule has 2 heterocycles. The van der Waals surface area contributed by atoms with E-state index in [-0.39, 0.29) is 0 Å². The van der Waals surface area contributed by atoms with Crippen LogP contribution in [0.15, 0.2) is 0 Å². The Labute approximate surface area is 150 Å². The minimum atomic E-state index is -4.01. The van der Waals surface area contributed by atoms with Crippen molar-refractivity contribution in [3.8, 4) is 5.88 Å². The van der Waals surface area contributed by atoms with E-state index in [0.717, 1.165) is 4.90 Å². The lowest BCUT2D eigenvalue weighted by Gasteiger charge is -2.27. The third-order valence-corrected chi connectivity index (χ3v) is 2.57. The van der Waals surface area contributed by atoms with Gasteiger partial charge in [-0.05, 0) is 20.6 Å². The van der Waals surface area contributed by atoms with E-state index in [1.165, 1.54) is 0 Å². The van der Waals surface area contributed by atoms with E-state index >= 15 is 0 Å². The molecule has 1 aromatic rings. The lowest BCUT2D eigenvalue weighted by atomic mass is 10.1. The largest absolute Gasteiger partial charge is 0.472 e. The van der Waals surface area contributed by atoms with Crippen LogP contribution in [0.2, 0.25) is 0 Å². The number of nitrogens with zero attached hydrogens (tertiary/aromatic N) is 3. The van der Waals surface area contributed by atoms with Crippen molar-refractivity contribution >= 4 is 17.5 Å². The van der Waals surface area contributed by atoms with E-state index in [1.54, 1.807) is 5.32 Å². The van der Waals surface area contributed by atoms with Crippen molar-refractivity contribution in [3.05, 3.63) is 0 Å². The fourth-order valence-electron chi connectivity index (χ4n) is 1.22. The quantitative estimate of drug-likeness (QED) is 0.786. The number of aliphatic hydroxyl groups is 1. The molecule has 1 aliphatic rings. The lowest BCUT2D eigenvalue weighted by molar-refractivity contribution is 0.0975. The van der Waals surface area contributed by atoms with Gasteiger partial charge in [0.05, 0.1) is 34.4 Å². The molecule has 1 saturated heterocycles. The second-order valence-electron chi connectivity index (χ2n) is 4.07. The van der Waals surface area contributed by atoms with Crippen LogP contribution in [0.5, 0.6) is 5.88 Å². The number of β-amino-alcohol motifs (C(OH)–C–C–N with tert-alkyl or cyclic N) is 1. The zero-order valence-corrected chi connectivity index (χ0v) is 11.7.